The lowest BCUT2D eigenvalue weighted by molar-refractivity contribution is 0.0592. The van der Waals surface area contributed by atoms with Gasteiger partial charge in [-0.05, 0) is 11.8 Å². The summed E-state index contributed by atoms with van der Waals surface area (Å²) < 4.78 is 9.99. The zero-order valence-corrected chi connectivity index (χ0v) is 10.7. The Balaban J connectivity index is 2.57. The number of aromatic nitrogens is 2. The van der Waals surface area contributed by atoms with Crippen molar-refractivity contribution in [2.45, 2.75) is 27.2 Å². The Morgan fingerprint density at radius 1 is 1.35 bits per heavy atom. The highest BCUT2D eigenvalue weighted by atomic mass is 16.5. The van der Waals surface area contributed by atoms with Gasteiger partial charge in [0.05, 0.1) is 26.1 Å². The zero-order valence-electron chi connectivity index (χ0n) is 10.7. The SMILES string of the molecule is COC(=O)c1cncc(OCCC(C)(C)C)n1. The predicted molar refractivity (Wildman–Crippen MR) is 62.9 cm³/mol. The molecule has 0 unspecified atom stereocenters. The number of methoxy groups -OCH3 is 1. The molecule has 1 heterocycles. The molecule has 0 spiro atoms. The molecule has 0 aliphatic rings. The molecule has 1 aromatic rings. The zero-order chi connectivity index (χ0) is 12.9. The Hall–Kier alpha value is -1.65. The van der Waals surface area contributed by atoms with Gasteiger partial charge in [-0.25, -0.2) is 9.78 Å². The van der Waals surface area contributed by atoms with E-state index in [0.29, 0.717) is 12.5 Å². The smallest absolute Gasteiger partial charge is 0.358 e. The van der Waals surface area contributed by atoms with E-state index < -0.39 is 5.97 Å². The number of hydrogen-bond acceptors (Lipinski definition) is 5. The third-order valence-electron chi connectivity index (χ3n) is 2.11. The summed E-state index contributed by atoms with van der Waals surface area (Å²) in [6.45, 7) is 6.94. The van der Waals surface area contributed by atoms with Crippen LogP contribution in [-0.2, 0) is 4.74 Å². The second-order valence-corrected chi connectivity index (χ2v) is 4.89. The van der Waals surface area contributed by atoms with E-state index in [0.717, 1.165) is 6.42 Å². The third-order valence-corrected chi connectivity index (χ3v) is 2.11. The molecule has 0 fully saturated rings. The number of ether oxygens (including phenoxy) is 2. The quantitative estimate of drug-likeness (QED) is 0.751. The molecule has 0 aliphatic heterocycles. The fraction of sp³-hybridized carbons (Fsp3) is 0.583. The van der Waals surface area contributed by atoms with Crippen LogP contribution in [0.5, 0.6) is 5.88 Å². The molecule has 0 saturated carbocycles. The Morgan fingerprint density at radius 3 is 2.65 bits per heavy atom. The first-order valence-electron chi connectivity index (χ1n) is 5.45. The second-order valence-electron chi connectivity index (χ2n) is 4.89. The number of nitrogens with zero attached hydrogens (tertiary/aromatic N) is 2. The third kappa shape index (κ3) is 4.80. The molecule has 5 nitrogen and oxygen atoms in total. The van der Waals surface area contributed by atoms with E-state index in [1.54, 1.807) is 0 Å². The van der Waals surface area contributed by atoms with Gasteiger partial charge >= 0.3 is 5.97 Å². The molecule has 0 radical (unpaired) electrons. The fourth-order valence-corrected chi connectivity index (χ4v) is 1.08. The lowest BCUT2D eigenvalue weighted by Crippen LogP contribution is -2.12. The molecule has 5 heteroatoms. The number of esters is 1. The molecular weight excluding hydrogens is 220 g/mol. The molecule has 0 atom stereocenters. The van der Waals surface area contributed by atoms with Gasteiger partial charge in [0.25, 0.3) is 0 Å². The monoisotopic (exact) mass is 238 g/mol. The first-order chi connectivity index (χ1) is 7.92. The van der Waals surface area contributed by atoms with Gasteiger partial charge in [-0.3, -0.25) is 4.98 Å². The van der Waals surface area contributed by atoms with E-state index in [4.69, 9.17) is 4.74 Å². The van der Waals surface area contributed by atoms with E-state index in [9.17, 15) is 4.79 Å². The standard InChI is InChI=1S/C12H18N2O3/c1-12(2,3)5-6-17-10-8-13-7-9(14-10)11(15)16-4/h7-8H,5-6H2,1-4H3. The summed E-state index contributed by atoms with van der Waals surface area (Å²) in [5.41, 5.74) is 0.355. The molecule has 0 N–H and O–H groups in total. The normalized spacial score (nSPS) is 11.1. The van der Waals surface area contributed by atoms with Crippen molar-refractivity contribution in [3.8, 4) is 5.88 Å². The average molecular weight is 238 g/mol. The van der Waals surface area contributed by atoms with Gasteiger partial charge in [-0.1, -0.05) is 20.8 Å². The topological polar surface area (TPSA) is 61.3 Å². The van der Waals surface area contributed by atoms with Gasteiger partial charge in [-0.15, -0.1) is 0 Å². The van der Waals surface area contributed by atoms with Crippen molar-refractivity contribution in [2.24, 2.45) is 5.41 Å². The van der Waals surface area contributed by atoms with Crippen LogP contribution in [0, 0.1) is 5.41 Å². The van der Waals surface area contributed by atoms with E-state index in [2.05, 4.69) is 35.5 Å². The van der Waals surface area contributed by atoms with Gasteiger partial charge < -0.3 is 9.47 Å². The van der Waals surface area contributed by atoms with Crippen LogP contribution in [0.25, 0.3) is 0 Å². The molecule has 17 heavy (non-hydrogen) atoms. The Morgan fingerprint density at radius 2 is 2.06 bits per heavy atom. The Labute approximate surface area is 101 Å². The molecule has 0 aliphatic carbocycles. The number of carbonyl (C=O) groups is 1. The summed E-state index contributed by atoms with van der Waals surface area (Å²) in [7, 11) is 1.30. The van der Waals surface area contributed by atoms with Crippen LogP contribution in [0.4, 0.5) is 0 Å². The Bertz CT molecular complexity index is 386. The van der Waals surface area contributed by atoms with Crippen LogP contribution in [0.2, 0.25) is 0 Å². The minimum absolute atomic E-state index is 0.153. The summed E-state index contributed by atoms with van der Waals surface area (Å²) in [5.74, 6) is -0.170. The van der Waals surface area contributed by atoms with Crippen molar-refractivity contribution in [1.82, 2.24) is 9.97 Å². The minimum atomic E-state index is -0.515. The van der Waals surface area contributed by atoms with Crippen LogP contribution in [-0.4, -0.2) is 29.7 Å². The van der Waals surface area contributed by atoms with Gasteiger partial charge in [-0.2, -0.15) is 0 Å². The summed E-state index contributed by atoms with van der Waals surface area (Å²) in [4.78, 5) is 19.1. The van der Waals surface area contributed by atoms with E-state index in [-0.39, 0.29) is 11.1 Å². The van der Waals surface area contributed by atoms with Crippen molar-refractivity contribution >= 4 is 5.97 Å². The maximum absolute atomic E-state index is 11.2. The Kier molecular flexibility index (Phi) is 4.43. The summed E-state index contributed by atoms with van der Waals surface area (Å²) in [5, 5.41) is 0. The molecule has 0 saturated heterocycles. The van der Waals surface area contributed by atoms with Gasteiger partial charge in [0.15, 0.2) is 5.69 Å². The maximum Gasteiger partial charge on any atom is 0.358 e. The highest BCUT2D eigenvalue weighted by molar-refractivity contribution is 5.86. The van der Waals surface area contributed by atoms with Crippen molar-refractivity contribution in [2.75, 3.05) is 13.7 Å². The molecule has 0 aromatic carbocycles. The lowest BCUT2D eigenvalue weighted by Gasteiger charge is -2.17. The first kappa shape index (κ1) is 13.4. The van der Waals surface area contributed by atoms with E-state index in [1.165, 1.54) is 19.5 Å². The minimum Gasteiger partial charge on any atom is -0.477 e. The highest BCUT2D eigenvalue weighted by Crippen LogP contribution is 2.18. The molecule has 1 rings (SSSR count). The van der Waals surface area contributed by atoms with Crippen molar-refractivity contribution in [3.05, 3.63) is 18.1 Å². The molecule has 0 bridgehead atoms. The molecular formula is C12H18N2O3. The number of carbonyl (C=O) groups excluding carboxylic acids is 1. The van der Waals surface area contributed by atoms with Gasteiger partial charge in [0.1, 0.15) is 0 Å². The van der Waals surface area contributed by atoms with Crippen LogP contribution in [0.1, 0.15) is 37.7 Å². The lowest BCUT2D eigenvalue weighted by atomic mass is 9.93. The first-order valence-corrected chi connectivity index (χ1v) is 5.45. The summed E-state index contributed by atoms with van der Waals surface area (Å²) in [6.07, 6.45) is 3.73. The molecule has 94 valence electrons. The van der Waals surface area contributed by atoms with Crippen molar-refractivity contribution < 1.29 is 14.3 Å². The molecule has 0 amide bonds. The largest absolute Gasteiger partial charge is 0.477 e. The highest BCUT2D eigenvalue weighted by Gasteiger charge is 2.12. The van der Waals surface area contributed by atoms with E-state index in [1.807, 2.05) is 0 Å². The van der Waals surface area contributed by atoms with Crippen molar-refractivity contribution in [1.29, 1.82) is 0 Å². The van der Waals surface area contributed by atoms with Crippen LogP contribution >= 0.6 is 0 Å². The van der Waals surface area contributed by atoms with Crippen LogP contribution < -0.4 is 4.74 Å². The second kappa shape index (κ2) is 5.61. The molecule has 1 aromatic heterocycles. The van der Waals surface area contributed by atoms with Crippen LogP contribution in [0.15, 0.2) is 12.4 Å². The average Bonchev–Trinajstić information content (AvgIpc) is 2.27. The number of rotatable bonds is 4. The van der Waals surface area contributed by atoms with Crippen LogP contribution in [0.3, 0.4) is 0 Å². The van der Waals surface area contributed by atoms with E-state index >= 15 is 0 Å². The summed E-state index contributed by atoms with van der Waals surface area (Å²) >= 11 is 0. The van der Waals surface area contributed by atoms with Crippen molar-refractivity contribution in [3.63, 3.8) is 0 Å². The number of hydrogen-bond donors (Lipinski definition) is 0. The van der Waals surface area contributed by atoms with Gasteiger partial charge in [0, 0.05) is 0 Å². The summed E-state index contributed by atoms with van der Waals surface area (Å²) in [6, 6.07) is 0. The fourth-order valence-electron chi connectivity index (χ4n) is 1.08. The predicted octanol–water partition coefficient (Wildman–Crippen LogP) is 2.08. The maximum atomic E-state index is 11.2. The van der Waals surface area contributed by atoms with Gasteiger partial charge in [0.2, 0.25) is 5.88 Å².